The SMILES string of the molecule is O=C(NCC1CCCO1)c1ccc(S(=O)(=O)Nc2cccc(F)c2)cc1. The van der Waals surface area contributed by atoms with E-state index in [4.69, 9.17) is 4.74 Å². The fourth-order valence-corrected chi connectivity index (χ4v) is 3.71. The lowest BCUT2D eigenvalue weighted by atomic mass is 10.2. The Kier molecular flexibility index (Phi) is 5.53. The van der Waals surface area contributed by atoms with E-state index in [1.165, 1.54) is 42.5 Å². The van der Waals surface area contributed by atoms with E-state index in [9.17, 15) is 17.6 Å². The molecule has 1 aliphatic heterocycles. The molecule has 2 aromatic carbocycles. The molecule has 0 aromatic heterocycles. The normalized spacial score (nSPS) is 17.0. The molecule has 1 amide bonds. The number of anilines is 1. The number of benzene rings is 2. The minimum Gasteiger partial charge on any atom is -0.376 e. The third kappa shape index (κ3) is 4.59. The summed E-state index contributed by atoms with van der Waals surface area (Å²) in [6.07, 6.45) is 1.95. The lowest BCUT2D eigenvalue weighted by Gasteiger charge is -2.11. The van der Waals surface area contributed by atoms with Crippen molar-refractivity contribution in [2.24, 2.45) is 0 Å². The van der Waals surface area contributed by atoms with Gasteiger partial charge in [0.05, 0.1) is 16.7 Å². The fraction of sp³-hybridized carbons (Fsp3) is 0.278. The third-order valence-electron chi connectivity index (χ3n) is 4.02. The Morgan fingerprint density at radius 3 is 2.62 bits per heavy atom. The van der Waals surface area contributed by atoms with Crippen LogP contribution in [-0.4, -0.2) is 33.6 Å². The first kappa shape index (κ1) is 18.3. The van der Waals surface area contributed by atoms with Gasteiger partial charge in [-0.25, -0.2) is 12.8 Å². The fourth-order valence-electron chi connectivity index (χ4n) is 2.67. The maximum Gasteiger partial charge on any atom is 0.261 e. The number of halogens is 1. The quantitative estimate of drug-likeness (QED) is 0.809. The number of hydrogen-bond acceptors (Lipinski definition) is 4. The lowest BCUT2D eigenvalue weighted by Crippen LogP contribution is -2.31. The van der Waals surface area contributed by atoms with Crippen LogP contribution in [0.25, 0.3) is 0 Å². The maximum absolute atomic E-state index is 13.2. The number of rotatable bonds is 6. The molecule has 8 heteroatoms. The van der Waals surface area contributed by atoms with Gasteiger partial charge in [-0.1, -0.05) is 6.07 Å². The molecule has 0 radical (unpaired) electrons. The topological polar surface area (TPSA) is 84.5 Å². The van der Waals surface area contributed by atoms with Crippen molar-refractivity contribution in [1.29, 1.82) is 0 Å². The van der Waals surface area contributed by atoms with Crippen molar-refractivity contribution in [2.75, 3.05) is 17.9 Å². The van der Waals surface area contributed by atoms with Gasteiger partial charge in [-0.2, -0.15) is 0 Å². The summed E-state index contributed by atoms with van der Waals surface area (Å²) in [5, 5.41) is 2.77. The highest BCUT2D eigenvalue weighted by molar-refractivity contribution is 7.92. The first-order chi connectivity index (χ1) is 12.4. The molecule has 2 N–H and O–H groups in total. The molecule has 0 spiro atoms. The highest BCUT2D eigenvalue weighted by atomic mass is 32.2. The Balaban J connectivity index is 1.64. The van der Waals surface area contributed by atoms with Crippen LogP contribution in [-0.2, 0) is 14.8 Å². The molecule has 2 aromatic rings. The van der Waals surface area contributed by atoms with Crippen molar-refractivity contribution in [3.8, 4) is 0 Å². The predicted octanol–water partition coefficient (Wildman–Crippen LogP) is 2.54. The summed E-state index contributed by atoms with van der Waals surface area (Å²) in [4.78, 5) is 12.1. The Bertz CT molecular complexity index is 878. The van der Waals surface area contributed by atoms with Crippen molar-refractivity contribution in [3.63, 3.8) is 0 Å². The summed E-state index contributed by atoms with van der Waals surface area (Å²) in [6, 6.07) is 10.7. The molecular formula is C18H19FN2O4S. The zero-order chi connectivity index (χ0) is 18.6. The van der Waals surface area contributed by atoms with Gasteiger partial charge in [-0.3, -0.25) is 9.52 Å². The van der Waals surface area contributed by atoms with Crippen LogP contribution in [0, 0.1) is 5.82 Å². The summed E-state index contributed by atoms with van der Waals surface area (Å²) in [5.41, 5.74) is 0.482. The molecule has 1 atom stereocenters. The van der Waals surface area contributed by atoms with Crippen LogP contribution >= 0.6 is 0 Å². The smallest absolute Gasteiger partial charge is 0.261 e. The number of carbonyl (C=O) groups excluding carboxylic acids is 1. The number of ether oxygens (including phenoxy) is 1. The van der Waals surface area contributed by atoms with Crippen molar-refractivity contribution < 1.29 is 22.3 Å². The molecule has 1 heterocycles. The van der Waals surface area contributed by atoms with E-state index < -0.39 is 15.8 Å². The monoisotopic (exact) mass is 378 g/mol. The molecule has 3 rings (SSSR count). The van der Waals surface area contributed by atoms with Crippen molar-refractivity contribution in [1.82, 2.24) is 5.32 Å². The Morgan fingerprint density at radius 2 is 1.96 bits per heavy atom. The van der Waals surface area contributed by atoms with Gasteiger partial charge in [0.1, 0.15) is 5.82 Å². The summed E-state index contributed by atoms with van der Waals surface area (Å²) < 4.78 is 45.6. The van der Waals surface area contributed by atoms with Gasteiger partial charge in [0.25, 0.3) is 15.9 Å². The largest absolute Gasteiger partial charge is 0.376 e. The minimum absolute atomic E-state index is 0.0163. The van der Waals surface area contributed by atoms with E-state index in [0.717, 1.165) is 18.9 Å². The number of hydrogen-bond donors (Lipinski definition) is 2. The Hall–Kier alpha value is -2.45. The van der Waals surface area contributed by atoms with Gasteiger partial charge in [-0.15, -0.1) is 0 Å². The Morgan fingerprint density at radius 1 is 1.19 bits per heavy atom. The number of sulfonamides is 1. The molecule has 6 nitrogen and oxygen atoms in total. The van der Waals surface area contributed by atoms with Gasteiger partial charge in [0.15, 0.2) is 0 Å². The highest BCUT2D eigenvalue weighted by Crippen LogP contribution is 2.17. The minimum atomic E-state index is -3.87. The summed E-state index contributed by atoms with van der Waals surface area (Å²) in [7, 11) is -3.87. The molecule has 26 heavy (non-hydrogen) atoms. The van der Waals surface area contributed by atoms with E-state index in [2.05, 4.69) is 10.0 Å². The summed E-state index contributed by atoms with van der Waals surface area (Å²) in [6.45, 7) is 1.14. The predicted molar refractivity (Wildman–Crippen MR) is 95.0 cm³/mol. The van der Waals surface area contributed by atoms with Crippen LogP contribution in [0.15, 0.2) is 53.4 Å². The average molecular weight is 378 g/mol. The van der Waals surface area contributed by atoms with Crippen LogP contribution in [0.3, 0.4) is 0 Å². The van der Waals surface area contributed by atoms with Crippen LogP contribution in [0.5, 0.6) is 0 Å². The molecule has 1 fully saturated rings. The molecule has 1 saturated heterocycles. The van der Waals surface area contributed by atoms with Gasteiger partial charge < -0.3 is 10.1 Å². The zero-order valence-electron chi connectivity index (χ0n) is 13.9. The number of carbonyl (C=O) groups is 1. The van der Waals surface area contributed by atoms with Crippen LogP contribution in [0.1, 0.15) is 23.2 Å². The summed E-state index contributed by atoms with van der Waals surface area (Å²) in [5.74, 6) is -0.828. The van der Waals surface area contributed by atoms with E-state index in [1.807, 2.05) is 0 Å². The van der Waals surface area contributed by atoms with Gasteiger partial charge >= 0.3 is 0 Å². The number of amides is 1. The second kappa shape index (κ2) is 7.84. The molecule has 0 bridgehead atoms. The lowest BCUT2D eigenvalue weighted by molar-refractivity contribution is 0.0857. The Labute approximate surface area is 151 Å². The van der Waals surface area contributed by atoms with Crippen molar-refractivity contribution in [2.45, 2.75) is 23.8 Å². The third-order valence-corrected chi connectivity index (χ3v) is 5.42. The van der Waals surface area contributed by atoms with Gasteiger partial charge in [0, 0.05) is 18.7 Å². The van der Waals surface area contributed by atoms with E-state index in [1.54, 1.807) is 0 Å². The van der Waals surface area contributed by atoms with Crippen molar-refractivity contribution in [3.05, 3.63) is 59.9 Å². The zero-order valence-corrected chi connectivity index (χ0v) is 14.8. The van der Waals surface area contributed by atoms with Crippen LogP contribution < -0.4 is 10.0 Å². The molecule has 0 aliphatic carbocycles. The van der Waals surface area contributed by atoms with Gasteiger partial charge in [0.2, 0.25) is 0 Å². The molecular weight excluding hydrogens is 359 g/mol. The number of nitrogens with one attached hydrogen (secondary N) is 2. The van der Waals surface area contributed by atoms with E-state index in [-0.39, 0.29) is 22.6 Å². The highest BCUT2D eigenvalue weighted by Gasteiger charge is 2.18. The summed E-state index contributed by atoms with van der Waals surface area (Å²) >= 11 is 0. The standard InChI is InChI=1S/C18H19FN2O4S/c19-14-3-1-4-15(11-14)21-26(23,24)17-8-6-13(7-9-17)18(22)20-12-16-5-2-10-25-16/h1,3-4,6-9,11,16,21H,2,5,10,12H2,(H,20,22). The molecule has 1 unspecified atom stereocenters. The maximum atomic E-state index is 13.2. The molecule has 138 valence electrons. The second-order valence-corrected chi connectivity index (χ2v) is 7.67. The van der Waals surface area contributed by atoms with E-state index in [0.29, 0.717) is 18.7 Å². The van der Waals surface area contributed by atoms with Gasteiger partial charge in [-0.05, 0) is 55.3 Å². The second-order valence-electron chi connectivity index (χ2n) is 5.99. The van der Waals surface area contributed by atoms with E-state index >= 15 is 0 Å². The first-order valence-electron chi connectivity index (χ1n) is 8.22. The molecule has 1 aliphatic rings. The first-order valence-corrected chi connectivity index (χ1v) is 9.71. The van der Waals surface area contributed by atoms with Crippen LogP contribution in [0.2, 0.25) is 0 Å². The molecule has 0 saturated carbocycles. The van der Waals surface area contributed by atoms with Crippen LogP contribution in [0.4, 0.5) is 10.1 Å². The average Bonchev–Trinajstić information content (AvgIpc) is 3.13. The van der Waals surface area contributed by atoms with Crippen molar-refractivity contribution >= 4 is 21.6 Å².